The Hall–Kier alpha value is -4.70. The number of phenols is 2. The highest BCUT2D eigenvalue weighted by Gasteiger charge is 2.18. The Morgan fingerprint density at radius 2 is 0.750 bits per heavy atom. The number of aryl methyl sites for hydroxylation is 2. The van der Waals surface area contributed by atoms with Crippen LogP contribution in [-0.4, -0.2) is 10.2 Å². The number of anilines is 6. The summed E-state index contributed by atoms with van der Waals surface area (Å²) in [7, 11) is 0. The van der Waals surface area contributed by atoms with E-state index in [9.17, 15) is 10.2 Å². The Morgan fingerprint density at radius 3 is 1.08 bits per heavy atom. The average molecular weight is 473 g/mol. The van der Waals surface area contributed by atoms with Crippen molar-refractivity contribution in [2.24, 2.45) is 0 Å². The molecule has 5 rings (SSSR count). The third-order valence-corrected chi connectivity index (χ3v) is 6.24. The molecule has 178 valence electrons. The van der Waals surface area contributed by atoms with Crippen LogP contribution in [0.15, 0.2) is 121 Å². The van der Waals surface area contributed by atoms with Gasteiger partial charge in [-0.1, -0.05) is 36.4 Å². The molecule has 36 heavy (non-hydrogen) atoms. The Kier molecular flexibility index (Phi) is 6.33. The highest BCUT2D eigenvalue weighted by Crippen LogP contribution is 2.41. The third-order valence-electron chi connectivity index (χ3n) is 6.24. The van der Waals surface area contributed by atoms with Crippen molar-refractivity contribution in [3.63, 3.8) is 0 Å². The molecule has 0 heterocycles. The lowest BCUT2D eigenvalue weighted by Gasteiger charge is -2.29. The van der Waals surface area contributed by atoms with Gasteiger partial charge in [-0.3, -0.25) is 0 Å². The van der Waals surface area contributed by atoms with E-state index in [0.29, 0.717) is 0 Å². The molecule has 0 saturated carbocycles. The molecule has 0 aromatic heterocycles. The number of hydrogen-bond donors (Lipinski definition) is 2. The highest BCUT2D eigenvalue weighted by molar-refractivity contribution is 5.83. The zero-order valence-electron chi connectivity index (χ0n) is 20.3. The van der Waals surface area contributed by atoms with Crippen molar-refractivity contribution in [1.82, 2.24) is 0 Å². The molecule has 0 aliphatic heterocycles. The van der Waals surface area contributed by atoms with Gasteiger partial charge in [0.05, 0.1) is 0 Å². The van der Waals surface area contributed by atoms with E-state index in [1.165, 1.54) is 0 Å². The van der Waals surface area contributed by atoms with E-state index in [0.717, 1.165) is 45.3 Å². The number of para-hydroxylation sites is 2. The quantitative estimate of drug-likeness (QED) is 0.260. The summed E-state index contributed by atoms with van der Waals surface area (Å²) in [5, 5.41) is 19.9. The van der Waals surface area contributed by atoms with Crippen LogP contribution in [0.2, 0.25) is 0 Å². The molecular formula is C32H28N2O2. The van der Waals surface area contributed by atoms with E-state index >= 15 is 0 Å². The van der Waals surface area contributed by atoms with Gasteiger partial charge in [-0.05, 0) is 110 Å². The first-order valence-corrected chi connectivity index (χ1v) is 11.9. The lowest BCUT2D eigenvalue weighted by Crippen LogP contribution is -2.13. The maximum Gasteiger partial charge on any atom is 0.115 e. The monoisotopic (exact) mass is 472 g/mol. The maximum atomic E-state index is 9.97. The number of phenolic OH excluding ortho intramolecular Hbond substituents is 2. The average Bonchev–Trinajstić information content (AvgIpc) is 2.89. The molecule has 0 spiro atoms. The SMILES string of the molecule is Cc1cc(O)ccc1N(c1ccccc1)c1ccc(N(c2ccccc2)c2ccc(O)cc2C)cc1. The molecule has 0 unspecified atom stereocenters. The summed E-state index contributed by atoms with van der Waals surface area (Å²) in [4.78, 5) is 4.38. The summed E-state index contributed by atoms with van der Waals surface area (Å²) in [6, 6.07) is 39.8. The molecule has 0 fully saturated rings. The van der Waals surface area contributed by atoms with Gasteiger partial charge < -0.3 is 20.0 Å². The zero-order chi connectivity index (χ0) is 25.1. The zero-order valence-corrected chi connectivity index (χ0v) is 20.3. The first kappa shape index (κ1) is 23.1. The van der Waals surface area contributed by atoms with Crippen molar-refractivity contribution in [1.29, 1.82) is 0 Å². The standard InChI is InChI=1S/C32H28N2O2/c1-23-21-29(35)17-19-31(23)33(25-9-5-3-6-10-25)27-13-15-28(16-14-27)34(26-11-7-4-8-12-26)32-20-18-30(36)22-24(32)2/h3-22,35-36H,1-2H3. The fraction of sp³-hybridized carbons (Fsp3) is 0.0625. The van der Waals surface area contributed by atoms with Gasteiger partial charge >= 0.3 is 0 Å². The van der Waals surface area contributed by atoms with Crippen LogP contribution in [0.25, 0.3) is 0 Å². The van der Waals surface area contributed by atoms with Gasteiger partial charge in [0.15, 0.2) is 0 Å². The van der Waals surface area contributed by atoms with Crippen molar-refractivity contribution in [3.8, 4) is 11.5 Å². The largest absolute Gasteiger partial charge is 0.508 e. The third kappa shape index (κ3) is 4.62. The lowest BCUT2D eigenvalue weighted by atomic mass is 10.1. The molecule has 0 amide bonds. The number of hydrogen-bond acceptors (Lipinski definition) is 4. The summed E-state index contributed by atoms with van der Waals surface area (Å²) >= 11 is 0. The van der Waals surface area contributed by atoms with Gasteiger partial charge in [0.25, 0.3) is 0 Å². The topological polar surface area (TPSA) is 46.9 Å². The van der Waals surface area contributed by atoms with Crippen molar-refractivity contribution in [3.05, 3.63) is 132 Å². The Bertz CT molecular complexity index is 1350. The van der Waals surface area contributed by atoms with E-state index in [4.69, 9.17) is 0 Å². The van der Waals surface area contributed by atoms with Crippen LogP contribution in [0.4, 0.5) is 34.1 Å². The molecule has 4 nitrogen and oxygen atoms in total. The number of aromatic hydroxyl groups is 2. The van der Waals surface area contributed by atoms with E-state index in [-0.39, 0.29) is 11.5 Å². The molecule has 0 aliphatic rings. The fourth-order valence-corrected chi connectivity index (χ4v) is 4.54. The predicted octanol–water partition coefficient (Wildman–Crippen LogP) is 8.65. The van der Waals surface area contributed by atoms with E-state index in [1.807, 2.05) is 62.4 Å². The van der Waals surface area contributed by atoms with Crippen molar-refractivity contribution < 1.29 is 10.2 Å². The van der Waals surface area contributed by atoms with Crippen LogP contribution in [0.3, 0.4) is 0 Å². The van der Waals surface area contributed by atoms with E-state index in [1.54, 1.807) is 24.3 Å². The molecule has 0 atom stereocenters. The second-order valence-corrected chi connectivity index (χ2v) is 8.80. The van der Waals surface area contributed by atoms with Crippen LogP contribution in [0, 0.1) is 13.8 Å². The molecule has 4 heteroatoms. The first-order chi connectivity index (χ1) is 17.5. The van der Waals surface area contributed by atoms with Crippen LogP contribution in [0.1, 0.15) is 11.1 Å². The van der Waals surface area contributed by atoms with Crippen molar-refractivity contribution in [2.75, 3.05) is 9.80 Å². The van der Waals surface area contributed by atoms with Gasteiger partial charge in [0, 0.05) is 34.1 Å². The Balaban J connectivity index is 1.61. The van der Waals surface area contributed by atoms with Crippen molar-refractivity contribution >= 4 is 34.1 Å². The predicted molar refractivity (Wildman–Crippen MR) is 149 cm³/mol. The molecular weight excluding hydrogens is 444 g/mol. The minimum absolute atomic E-state index is 0.252. The molecule has 5 aromatic carbocycles. The van der Waals surface area contributed by atoms with Gasteiger partial charge in [0.2, 0.25) is 0 Å². The number of benzene rings is 5. The van der Waals surface area contributed by atoms with Crippen LogP contribution in [0.5, 0.6) is 11.5 Å². The molecule has 0 saturated heterocycles. The smallest absolute Gasteiger partial charge is 0.115 e. The van der Waals surface area contributed by atoms with Crippen LogP contribution < -0.4 is 9.80 Å². The van der Waals surface area contributed by atoms with Crippen molar-refractivity contribution in [2.45, 2.75) is 13.8 Å². The minimum atomic E-state index is 0.252. The highest BCUT2D eigenvalue weighted by atomic mass is 16.3. The lowest BCUT2D eigenvalue weighted by molar-refractivity contribution is 0.474. The fourth-order valence-electron chi connectivity index (χ4n) is 4.54. The maximum absolute atomic E-state index is 9.97. The summed E-state index contributed by atoms with van der Waals surface area (Å²) in [6.07, 6.45) is 0. The second kappa shape index (κ2) is 9.88. The van der Waals surface area contributed by atoms with Gasteiger partial charge in [0.1, 0.15) is 11.5 Å². The second-order valence-electron chi connectivity index (χ2n) is 8.80. The summed E-state index contributed by atoms with van der Waals surface area (Å²) in [5.41, 5.74) is 8.05. The first-order valence-electron chi connectivity index (χ1n) is 11.9. The summed E-state index contributed by atoms with van der Waals surface area (Å²) in [6.45, 7) is 4.01. The van der Waals surface area contributed by atoms with Crippen LogP contribution >= 0.6 is 0 Å². The Morgan fingerprint density at radius 1 is 0.417 bits per heavy atom. The minimum Gasteiger partial charge on any atom is -0.508 e. The van der Waals surface area contributed by atoms with E-state index in [2.05, 4.69) is 58.3 Å². The molecule has 0 aliphatic carbocycles. The van der Waals surface area contributed by atoms with E-state index < -0.39 is 0 Å². The van der Waals surface area contributed by atoms with Gasteiger partial charge in [-0.25, -0.2) is 0 Å². The van der Waals surface area contributed by atoms with Gasteiger partial charge in [-0.2, -0.15) is 0 Å². The molecule has 0 radical (unpaired) electrons. The van der Waals surface area contributed by atoms with Gasteiger partial charge in [-0.15, -0.1) is 0 Å². The number of rotatable bonds is 6. The van der Waals surface area contributed by atoms with Crippen LogP contribution in [-0.2, 0) is 0 Å². The normalized spacial score (nSPS) is 10.7. The Labute approximate surface area is 211 Å². The molecule has 5 aromatic rings. The number of nitrogens with zero attached hydrogens (tertiary/aromatic N) is 2. The molecule has 2 N–H and O–H groups in total. The summed E-state index contributed by atoms with van der Waals surface area (Å²) in [5.74, 6) is 0.504. The molecule has 0 bridgehead atoms. The summed E-state index contributed by atoms with van der Waals surface area (Å²) < 4.78 is 0.